The van der Waals surface area contributed by atoms with Crippen molar-refractivity contribution in [2.45, 2.75) is 0 Å². The summed E-state index contributed by atoms with van der Waals surface area (Å²) in [6, 6.07) is 7.79. The van der Waals surface area contributed by atoms with Crippen LogP contribution >= 0.6 is 0 Å². The molecule has 0 radical (unpaired) electrons. The lowest BCUT2D eigenvalue weighted by Crippen LogP contribution is -2.38. The summed E-state index contributed by atoms with van der Waals surface area (Å²) in [7, 11) is 0. The fourth-order valence-electron chi connectivity index (χ4n) is 1.90. The molecule has 0 saturated carbocycles. The van der Waals surface area contributed by atoms with E-state index in [0.29, 0.717) is 13.2 Å². The third-order valence-electron chi connectivity index (χ3n) is 2.97. The number of hydrogen-bond donors (Lipinski definition) is 1. The molecule has 1 aromatic rings. The molecule has 0 aliphatic carbocycles. The standard InChI is InChI=1S/C15H20N2O2/c16-7-1-2-14-3-5-15(6-4-14)19-13-10-17-8-11-18-12-9-17/h3-6H,7-13,16H2. The summed E-state index contributed by atoms with van der Waals surface area (Å²) in [5.74, 6) is 6.70. The fraction of sp³-hybridized carbons (Fsp3) is 0.467. The molecule has 1 aliphatic rings. The molecule has 2 N–H and O–H groups in total. The highest BCUT2D eigenvalue weighted by molar-refractivity contribution is 5.38. The molecule has 1 heterocycles. The Labute approximate surface area is 114 Å². The largest absolute Gasteiger partial charge is 0.492 e. The lowest BCUT2D eigenvalue weighted by molar-refractivity contribution is 0.0322. The highest BCUT2D eigenvalue weighted by atomic mass is 16.5. The normalized spacial score (nSPS) is 15.6. The number of rotatable bonds is 4. The summed E-state index contributed by atoms with van der Waals surface area (Å²) in [6.45, 7) is 5.68. The van der Waals surface area contributed by atoms with Gasteiger partial charge in [0.15, 0.2) is 0 Å². The van der Waals surface area contributed by atoms with Crippen LogP contribution in [0.25, 0.3) is 0 Å². The molecule has 1 saturated heterocycles. The summed E-state index contributed by atoms with van der Waals surface area (Å²) in [5, 5.41) is 0. The number of ether oxygens (including phenoxy) is 2. The van der Waals surface area contributed by atoms with Crippen LogP contribution in [0.1, 0.15) is 5.56 Å². The van der Waals surface area contributed by atoms with Crippen LogP contribution in [0.3, 0.4) is 0 Å². The molecule has 0 atom stereocenters. The van der Waals surface area contributed by atoms with Crippen LogP contribution in [0.4, 0.5) is 0 Å². The first-order valence-corrected chi connectivity index (χ1v) is 6.60. The van der Waals surface area contributed by atoms with Crippen LogP contribution in [-0.4, -0.2) is 50.9 Å². The van der Waals surface area contributed by atoms with Gasteiger partial charge in [-0.25, -0.2) is 0 Å². The molecule has 19 heavy (non-hydrogen) atoms. The minimum atomic E-state index is 0.387. The van der Waals surface area contributed by atoms with Crippen molar-refractivity contribution in [3.63, 3.8) is 0 Å². The summed E-state index contributed by atoms with van der Waals surface area (Å²) in [6.07, 6.45) is 0. The van der Waals surface area contributed by atoms with Gasteiger partial charge in [-0.1, -0.05) is 11.8 Å². The Hall–Kier alpha value is -1.54. The summed E-state index contributed by atoms with van der Waals surface area (Å²) >= 11 is 0. The minimum Gasteiger partial charge on any atom is -0.492 e. The van der Waals surface area contributed by atoms with Crippen LogP contribution < -0.4 is 10.5 Å². The van der Waals surface area contributed by atoms with Gasteiger partial charge in [0.25, 0.3) is 0 Å². The van der Waals surface area contributed by atoms with Gasteiger partial charge in [-0.2, -0.15) is 0 Å². The first-order chi connectivity index (χ1) is 9.38. The summed E-state index contributed by atoms with van der Waals surface area (Å²) in [4.78, 5) is 2.35. The Kier molecular flexibility index (Phi) is 5.70. The number of morpholine rings is 1. The van der Waals surface area contributed by atoms with Crippen molar-refractivity contribution in [1.82, 2.24) is 4.90 Å². The SMILES string of the molecule is NCC#Cc1ccc(OCCN2CCOCC2)cc1. The van der Waals surface area contributed by atoms with Crippen molar-refractivity contribution in [1.29, 1.82) is 0 Å². The Balaban J connectivity index is 1.73. The molecular formula is C15H20N2O2. The number of hydrogen-bond acceptors (Lipinski definition) is 4. The molecule has 4 heteroatoms. The fourth-order valence-corrected chi connectivity index (χ4v) is 1.90. The molecule has 1 fully saturated rings. The Bertz CT molecular complexity index is 428. The van der Waals surface area contributed by atoms with Crippen LogP contribution in [-0.2, 0) is 4.74 Å². The van der Waals surface area contributed by atoms with Gasteiger partial charge >= 0.3 is 0 Å². The highest BCUT2D eigenvalue weighted by Gasteiger charge is 2.09. The molecular weight excluding hydrogens is 240 g/mol. The Morgan fingerprint density at radius 3 is 2.63 bits per heavy atom. The van der Waals surface area contributed by atoms with Gasteiger partial charge in [0.1, 0.15) is 12.4 Å². The van der Waals surface area contributed by atoms with E-state index in [1.807, 2.05) is 24.3 Å². The average Bonchev–Trinajstić information content (AvgIpc) is 2.47. The molecule has 0 bridgehead atoms. The first-order valence-electron chi connectivity index (χ1n) is 6.60. The van der Waals surface area contributed by atoms with Crippen molar-refractivity contribution in [2.24, 2.45) is 5.73 Å². The molecule has 0 spiro atoms. The number of nitrogens with two attached hydrogens (primary N) is 1. The van der Waals surface area contributed by atoms with Crippen molar-refractivity contribution >= 4 is 0 Å². The van der Waals surface area contributed by atoms with E-state index in [0.717, 1.165) is 44.2 Å². The molecule has 102 valence electrons. The van der Waals surface area contributed by atoms with E-state index in [4.69, 9.17) is 15.2 Å². The molecule has 2 rings (SSSR count). The zero-order valence-electron chi connectivity index (χ0n) is 11.1. The van der Waals surface area contributed by atoms with E-state index in [1.54, 1.807) is 0 Å². The van der Waals surface area contributed by atoms with Gasteiger partial charge in [-0.05, 0) is 24.3 Å². The van der Waals surface area contributed by atoms with Gasteiger partial charge in [0.2, 0.25) is 0 Å². The first kappa shape index (κ1) is 13.9. The van der Waals surface area contributed by atoms with Crippen LogP contribution in [0.5, 0.6) is 5.75 Å². The predicted molar refractivity (Wildman–Crippen MR) is 75.1 cm³/mol. The van der Waals surface area contributed by atoms with E-state index in [2.05, 4.69) is 16.7 Å². The second kappa shape index (κ2) is 7.80. The molecule has 1 aromatic carbocycles. The van der Waals surface area contributed by atoms with Crippen molar-refractivity contribution in [3.8, 4) is 17.6 Å². The van der Waals surface area contributed by atoms with Crippen molar-refractivity contribution in [3.05, 3.63) is 29.8 Å². The second-order valence-electron chi connectivity index (χ2n) is 4.33. The van der Waals surface area contributed by atoms with Crippen molar-refractivity contribution in [2.75, 3.05) is 46.0 Å². The lowest BCUT2D eigenvalue weighted by atomic mass is 10.2. The maximum absolute atomic E-state index is 5.71. The smallest absolute Gasteiger partial charge is 0.119 e. The van der Waals surface area contributed by atoms with Crippen LogP contribution in [0.2, 0.25) is 0 Å². The summed E-state index contributed by atoms with van der Waals surface area (Å²) in [5.41, 5.74) is 6.29. The quantitative estimate of drug-likeness (QED) is 0.810. The van der Waals surface area contributed by atoms with E-state index in [9.17, 15) is 0 Å². The Morgan fingerprint density at radius 2 is 1.95 bits per heavy atom. The summed E-state index contributed by atoms with van der Waals surface area (Å²) < 4.78 is 11.0. The lowest BCUT2D eigenvalue weighted by Gasteiger charge is -2.26. The molecule has 0 unspecified atom stereocenters. The number of nitrogens with zero attached hydrogens (tertiary/aromatic N) is 1. The zero-order chi connectivity index (χ0) is 13.3. The maximum Gasteiger partial charge on any atom is 0.119 e. The molecule has 1 aliphatic heterocycles. The van der Waals surface area contributed by atoms with Gasteiger partial charge < -0.3 is 15.2 Å². The van der Waals surface area contributed by atoms with Crippen LogP contribution in [0.15, 0.2) is 24.3 Å². The third-order valence-corrected chi connectivity index (χ3v) is 2.97. The van der Waals surface area contributed by atoms with Gasteiger partial charge in [0.05, 0.1) is 19.8 Å². The van der Waals surface area contributed by atoms with Crippen molar-refractivity contribution < 1.29 is 9.47 Å². The Morgan fingerprint density at radius 1 is 1.21 bits per heavy atom. The molecule has 0 amide bonds. The van der Waals surface area contributed by atoms with E-state index >= 15 is 0 Å². The molecule has 0 aromatic heterocycles. The van der Waals surface area contributed by atoms with Crippen LogP contribution in [0, 0.1) is 11.8 Å². The van der Waals surface area contributed by atoms with E-state index < -0.39 is 0 Å². The van der Waals surface area contributed by atoms with E-state index in [-0.39, 0.29) is 0 Å². The number of benzene rings is 1. The second-order valence-corrected chi connectivity index (χ2v) is 4.33. The van der Waals surface area contributed by atoms with Gasteiger partial charge in [0, 0.05) is 25.2 Å². The average molecular weight is 260 g/mol. The maximum atomic E-state index is 5.71. The highest BCUT2D eigenvalue weighted by Crippen LogP contribution is 2.11. The van der Waals surface area contributed by atoms with E-state index in [1.165, 1.54) is 0 Å². The third kappa shape index (κ3) is 4.92. The zero-order valence-corrected chi connectivity index (χ0v) is 11.1. The van der Waals surface area contributed by atoms with Gasteiger partial charge in [-0.3, -0.25) is 4.90 Å². The van der Waals surface area contributed by atoms with Gasteiger partial charge in [-0.15, -0.1) is 0 Å². The molecule has 4 nitrogen and oxygen atoms in total. The monoisotopic (exact) mass is 260 g/mol. The topological polar surface area (TPSA) is 47.7 Å². The predicted octanol–water partition coefficient (Wildman–Crippen LogP) is 0.708. The minimum absolute atomic E-state index is 0.387.